The molecule has 0 aliphatic rings. The van der Waals surface area contributed by atoms with E-state index in [1.165, 1.54) is 6.07 Å². The van der Waals surface area contributed by atoms with Gasteiger partial charge in [-0.2, -0.15) is 5.10 Å². The van der Waals surface area contributed by atoms with E-state index in [4.69, 9.17) is 12.2 Å². The van der Waals surface area contributed by atoms with Crippen molar-refractivity contribution in [1.82, 2.24) is 14.8 Å². The highest BCUT2D eigenvalue weighted by atomic mass is 32.1. The van der Waals surface area contributed by atoms with E-state index in [0.29, 0.717) is 10.6 Å². The Morgan fingerprint density at radius 1 is 1.20 bits per heavy atom. The van der Waals surface area contributed by atoms with Crippen molar-refractivity contribution in [2.24, 2.45) is 0 Å². The van der Waals surface area contributed by atoms with E-state index < -0.39 is 5.82 Å². The molecule has 0 spiro atoms. The Bertz CT molecular complexity index is 975. The monoisotopic (exact) mass is 356 g/mol. The van der Waals surface area contributed by atoms with Crippen LogP contribution < -0.4 is 5.32 Å². The number of halogens is 1. The predicted molar refractivity (Wildman–Crippen MR) is 97.4 cm³/mol. The van der Waals surface area contributed by atoms with Crippen molar-refractivity contribution in [1.29, 1.82) is 0 Å². The Kier molecular flexibility index (Phi) is 4.76. The number of rotatable bonds is 4. The van der Waals surface area contributed by atoms with Crippen LogP contribution in [0.4, 0.5) is 10.1 Å². The van der Waals surface area contributed by atoms with E-state index in [0.717, 1.165) is 16.7 Å². The molecule has 3 aromatic rings. The summed E-state index contributed by atoms with van der Waals surface area (Å²) in [4.78, 5) is 12.3. The number of nitrogens with one attached hydrogen (secondary N) is 2. The molecule has 5 nitrogen and oxygen atoms in total. The van der Waals surface area contributed by atoms with E-state index in [1.807, 2.05) is 38.1 Å². The summed E-state index contributed by atoms with van der Waals surface area (Å²) in [6.45, 7) is 3.76. The number of amides is 1. The number of anilines is 1. The zero-order chi connectivity index (χ0) is 18.0. The van der Waals surface area contributed by atoms with Gasteiger partial charge in [-0.15, -0.1) is 0 Å². The molecule has 1 amide bonds. The minimum atomic E-state index is -0.478. The first-order chi connectivity index (χ1) is 11.9. The van der Waals surface area contributed by atoms with Gasteiger partial charge in [0.25, 0.3) is 0 Å². The number of hydrogen-bond acceptors (Lipinski definition) is 3. The highest BCUT2D eigenvalue weighted by Gasteiger charge is 2.14. The number of H-pyrrole nitrogens is 1. The molecular formula is C18H17FN4OS. The first-order valence-electron chi connectivity index (χ1n) is 7.72. The van der Waals surface area contributed by atoms with Crippen LogP contribution >= 0.6 is 12.2 Å². The molecule has 0 aliphatic carbocycles. The van der Waals surface area contributed by atoms with Gasteiger partial charge in [0, 0.05) is 5.56 Å². The molecule has 0 unspecified atom stereocenters. The molecule has 128 valence electrons. The maximum atomic E-state index is 13.8. The van der Waals surface area contributed by atoms with Crippen molar-refractivity contribution in [3.05, 3.63) is 64.2 Å². The molecule has 0 saturated heterocycles. The largest absolute Gasteiger partial charge is 0.322 e. The van der Waals surface area contributed by atoms with Crippen LogP contribution in [0.2, 0.25) is 0 Å². The summed E-state index contributed by atoms with van der Waals surface area (Å²) in [5.74, 6) is -0.297. The second-order valence-electron chi connectivity index (χ2n) is 5.84. The second kappa shape index (κ2) is 6.98. The lowest BCUT2D eigenvalue weighted by Crippen LogP contribution is -2.20. The van der Waals surface area contributed by atoms with Gasteiger partial charge in [-0.3, -0.25) is 14.5 Å². The topological polar surface area (TPSA) is 62.7 Å². The Balaban J connectivity index is 1.84. The second-order valence-corrected chi connectivity index (χ2v) is 6.22. The van der Waals surface area contributed by atoms with Crippen LogP contribution in [0.1, 0.15) is 11.1 Å². The van der Waals surface area contributed by atoms with E-state index in [1.54, 1.807) is 16.7 Å². The maximum absolute atomic E-state index is 13.8. The van der Waals surface area contributed by atoms with Crippen molar-refractivity contribution >= 4 is 23.8 Å². The molecule has 2 aromatic carbocycles. The van der Waals surface area contributed by atoms with Gasteiger partial charge < -0.3 is 5.32 Å². The molecule has 0 fully saturated rings. The number of aromatic nitrogens is 3. The van der Waals surface area contributed by atoms with E-state index in [-0.39, 0.29) is 18.1 Å². The number of hydrogen-bond donors (Lipinski definition) is 2. The lowest BCUT2D eigenvalue weighted by atomic mass is 10.1. The first kappa shape index (κ1) is 17.0. The normalized spacial score (nSPS) is 10.7. The van der Waals surface area contributed by atoms with Crippen LogP contribution in [-0.2, 0) is 11.3 Å². The summed E-state index contributed by atoms with van der Waals surface area (Å²) in [5.41, 5.74) is 2.97. The number of carbonyl (C=O) groups excluding carboxylic acids is 1. The summed E-state index contributed by atoms with van der Waals surface area (Å²) < 4.78 is 15.7. The van der Waals surface area contributed by atoms with Gasteiger partial charge in [0.05, 0.1) is 5.69 Å². The third kappa shape index (κ3) is 3.83. The van der Waals surface area contributed by atoms with Crippen molar-refractivity contribution < 1.29 is 9.18 Å². The lowest BCUT2D eigenvalue weighted by Gasteiger charge is -2.10. The molecule has 0 radical (unpaired) electrons. The number of carbonyl (C=O) groups is 1. The number of aromatic amines is 1. The Hall–Kier alpha value is -2.80. The Morgan fingerprint density at radius 3 is 2.60 bits per heavy atom. The van der Waals surface area contributed by atoms with Gasteiger partial charge in [-0.1, -0.05) is 35.9 Å². The molecule has 1 heterocycles. The first-order valence-corrected chi connectivity index (χ1v) is 8.13. The third-order valence-corrected chi connectivity index (χ3v) is 4.08. The molecule has 3 rings (SSSR count). The quantitative estimate of drug-likeness (QED) is 0.695. The highest BCUT2D eigenvalue weighted by molar-refractivity contribution is 7.71. The van der Waals surface area contributed by atoms with Crippen molar-refractivity contribution in [3.8, 4) is 11.4 Å². The summed E-state index contributed by atoms with van der Waals surface area (Å²) in [6.07, 6.45) is 0. The Labute approximate surface area is 149 Å². The van der Waals surface area contributed by atoms with Gasteiger partial charge >= 0.3 is 0 Å². The van der Waals surface area contributed by atoms with Gasteiger partial charge in [0.15, 0.2) is 10.6 Å². The third-order valence-electron chi connectivity index (χ3n) is 3.77. The molecule has 0 saturated carbocycles. The van der Waals surface area contributed by atoms with Gasteiger partial charge in [-0.25, -0.2) is 4.39 Å². The fraction of sp³-hybridized carbons (Fsp3) is 0.167. The van der Waals surface area contributed by atoms with Gasteiger partial charge in [0.1, 0.15) is 12.4 Å². The molecule has 25 heavy (non-hydrogen) atoms. The fourth-order valence-electron chi connectivity index (χ4n) is 2.46. The number of aryl methyl sites for hydroxylation is 2. The van der Waals surface area contributed by atoms with Crippen LogP contribution in [0.5, 0.6) is 0 Å². The molecule has 0 atom stereocenters. The standard InChI is InChI=1S/C18H17FN4OS/c1-11-3-6-13(7-4-11)17-21-22-18(25)23(17)10-16(24)20-15-9-12(2)5-8-14(15)19/h3-9H,10H2,1-2H3,(H,20,24)(H,22,25). The summed E-state index contributed by atoms with van der Waals surface area (Å²) in [7, 11) is 0. The molecule has 7 heteroatoms. The van der Waals surface area contributed by atoms with Crippen molar-refractivity contribution in [3.63, 3.8) is 0 Å². The summed E-state index contributed by atoms with van der Waals surface area (Å²) >= 11 is 5.22. The van der Waals surface area contributed by atoms with Crippen LogP contribution in [0, 0.1) is 24.4 Å². The van der Waals surface area contributed by atoms with Crippen molar-refractivity contribution in [2.75, 3.05) is 5.32 Å². The predicted octanol–water partition coefficient (Wildman–Crippen LogP) is 4.00. The maximum Gasteiger partial charge on any atom is 0.244 e. The van der Waals surface area contributed by atoms with Crippen LogP contribution in [-0.4, -0.2) is 20.7 Å². The molecule has 0 bridgehead atoms. The molecule has 2 N–H and O–H groups in total. The molecule has 0 aliphatic heterocycles. The smallest absolute Gasteiger partial charge is 0.244 e. The highest BCUT2D eigenvalue weighted by Crippen LogP contribution is 2.19. The van der Waals surface area contributed by atoms with E-state index in [2.05, 4.69) is 15.5 Å². The zero-order valence-electron chi connectivity index (χ0n) is 13.8. The van der Waals surface area contributed by atoms with Crippen LogP contribution in [0.15, 0.2) is 42.5 Å². The average molecular weight is 356 g/mol. The Morgan fingerprint density at radius 2 is 1.88 bits per heavy atom. The SMILES string of the molecule is Cc1ccc(-c2n[nH]c(=S)n2CC(=O)Nc2cc(C)ccc2F)cc1. The average Bonchev–Trinajstić information content (AvgIpc) is 2.93. The van der Waals surface area contributed by atoms with Crippen LogP contribution in [0.25, 0.3) is 11.4 Å². The lowest BCUT2D eigenvalue weighted by molar-refractivity contribution is -0.116. The van der Waals surface area contributed by atoms with E-state index in [9.17, 15) is 9.18 Å². The summed E-state index contributed by atoms with van der Waals surface area (Å²) in [5, 5.41) is 9.48. The fourth-order valence-corrected chi connectivity index (χ4v) is 2.65. The van der Waals surface area contributed by atoms with E-state index >= 15 is 0 Å². The molecular weight excluding hydrogens is 339 g/mol. The van der Waals surface area contributed by atoms with Crippen LogP contribution in [0.3, 0.4) is 0 Å². The minimum absolute atomic E-state index is 0.0636. The van der Waals surface area contributed by atoms with Crippen molar-refractivity contribution in [2.45, 2.75) is 20.4 Å². The minimum Gasteiger partial charge on any atom is -0.322 e. The zero-order valence-corrected chi connectivity index (χ0v) is 14.7. The van der Waals surface area contributed by atoms with Gasteiger partial charge in [-0.05, 0) is 43.8 Å². The number of benzene rings is 2. The van der Waals surface area contributed by atoms with Gasteiger partial charge in [0.2, 0.25) is 5.91 Å². The molecule has 1 aromatic heterocycles. The summed E-state index contributed by atoms with van der Waals surface area (Å²) in [6, 6.07) is 12.3. The number of nitrogens with zero attached hydrogens (tertiary/aromatic N) is 2.